The van der Waals surface area contributed by atoms with Crippen molar-refractivity contribution in [2.75, 3.05) is 6.54 Å². The second kappa shape index (κ2) is 6.86. The Labute approximate surface area is 155 Å². The number of hydrogen-bond donors (Lipinski definition) is 1. The fourth-order valence-electron chi connectivity index (χ4n) is 3.42. The van der Waals surface area contributed by atoms with Crippen LogP contribution in [-0.4, -0.2) is 29.7 Å². The smallest absolute Gasteiger partial charge is 0.268 e. The molecule has 0 aliphatic carbocycles. The maximum atomic E-state index is 11.9. The third-order valence-corrected chi connectivity index (χ3v) is 6.09. The fourth-order valence-corrected chi connectivity index (χ4v) is 4.31. The van der Waals surface area contributed by atoms with E-state index < -0.39 is 38.7 Å². The Morgan fingerprint density at radius 2 is 1.88 bits per heavy atom. The third kappa shape index (κ3) is 3.53. The molecule has 9 heteroatoms. The van der Waals surface area contributed by atoms with Gasteiger partial charge in [-0.25, -0.2) is 0 Å². The molecule has 1 N–H and O–H groups in total. The lowest BCUT2D eigenvalue weighted by molar-refractivity contribution is -0.484. The molecule has 138 valence electrons. The maximum absolute atomic E-state index is 11.9. The van der Waals surface area contributed by atoms with Crippen LogP contribution in [0.2, 0.25) is 5.02 Å². The van der Waals surface area contributed by atoms with Crippen LogP contribution in [0.15, 0.2) is 42.5 Å². The number of para-hydroxylation sites is 1. The zero-order chi connectivity index (χ0) is 19.1. The number of rotatable bonds is 4. The van der Waals surface area contributed by atoms with Crippen molar-refractivity contribution in [1.82, 2.24) is 0 Å². The van der Waals surface area contributed by atoms with Crippen LogP contribution in [-0.2, 0) is 10.1 Å². The first-order chi connectivity index (χ1) is 12.2. The van der Waals surface area contributed by atoms with Crippen LogP contribution < -0.4 is 4.74 Å². The minimum atomic E-state index is -4.47. The first kappa shape index (κ1) is 18.6. The Bertz CT molecular complexity index is 961. The summed E-state index contributed by atoms with van der Waals surface area (Å²) in [5.41, 5.74) is 0.919. The number of ether oxygens (including phenoxy) is 1. The molecular formula is C17H16ClNO6S. The molecule has 7 nitrogen and oxygen atoms in total. The summed E-state index contributed by atoms with van der Waals surface area (Å²) in [7, 11) is -4.47. The topological polar surface area (TPSA) is 107 Å². The lowest BCUT2D eigenvalue weighted by atomic mass is 9.79. The van der Waals surface area contributed by atoms with Crippen LogP contribution in [0, 0.1) is 10.1 Å². The van der Waals surface area contributed by atoms with E-state index in [1.54, 1.807) is 36.4 Å². The lowest BCUT2D eigenvalue weighted by Crippen LogP contribution is -2.32. The Morgan fingerprint density at radius 1 is 1.23 bits per heavy atom. The van der Waals surface area contributed by atoms with Crippen LogP contribution >= 0.6 is 11.6 Å². The normalized spacial score (nSPS) is 20.3. The molecule has 1 heterocycles. The Balaban J connectivity index is 2.30. The summed E-state index contributed by atoms with van der Waals surface area (Å²) in [4.78, 5) is 10.8. The van der Waals surface area contributed by atoms with Gasteiger partial charge in [-0.3, -0.25) is 14.7 Å². The van der Waals surface area contributed by atoms with Crippen molar-refractivity contribution in [3.63, 3.8) is 0 Å². The average Bonchev–Trinajstić information content (AvgIpc) is 2.67. The summed E-state index contributed by atoms with van der Waals surface area (Å²) in [5, 5.41) is 10.4. The molecule has 0 bridgehead atoms. The van der Waals surface area contributed by atoms with Gasteiger partial charge in [-0.15, -0.1) is 0 Å². The molecule has 1 aliphatic heterocycles. The number of halogens is 1. The van der Waals surface area contributed by atoms with Crippen molar-refractivity contribution in [2.45, 2.75) is 24.0 Å². The molecule has 1 unspecified atom stereocenters. The van der Waals surface area contributed by atoms with Crippen molar-refractivity contribution in [2.24, 2.45) is 0 Å². The molecular weight excluding hydrogens is 382 g/mol. The van der Waals surface area contributed by atoms with Crippen molar-refractivity contribution in [1.29, 1.82) is 0 Å². The summed E-state index contributed by atoms with van der Waals surface area (Å²) in [6, 6.07) is 11.5. The summed E-state index contributed by atoms with van der Waals surface area (Å²) in [5.74, 6) is -0.966. The van der Waals surface area contributed by atoms with Gasteiger partial charge in [0, 0.05) is 27.0 Å². The number of nitrogens with zero attached hydrogens (tertiary/aromatic N) is 1. The summed E-state index contributed by atoms with van der Waals surface area (Å²) in [6.45, 7) is 0.808. The largest absolute Gasteiger partial charge is 0.457 e. The van der Waals surface area contributed by atoms with Crippen LogP contribution in [0.4, 0.5) is 0 Å². The van der Waals surface area contributed by atoms with Crippen molar-refractivity contribution >= 4 is 21.7 Å². The molecule has 2 aromatic carbocycles. The van der Waals surface area contributed by atoms with E-state index in [0.29, 0.717) is 27.6 Å². The van der Waals surface area contributed by atoms with Gasteiger partial charge in [-0.05, 0) is 31.2 Å². The van der Waals surface area contributed by atoms with Gasteiger partial charge in [0.25, 0.3) is 10.1 Å². The zero-order valence-electron chi connectivity index (χ0n) is 13.7. The minimum Gasteiger partial charge on any atom is -0.457 e. The van der Waals surface area contributed by atoms with Crippen LogP contribution in [0.25, 0.3) is 0 Å². The third-order valence-electron chi connectivity index (χ3n) is 4.62. The summed E-state index contributed by atoms with van der Waals surface area (Å²) >= 11 is 6.08. The number of nitro groups is 1. The number of hydrogen-bond acceptors (Lipinski definition) is 5. The second-order valence-electron chi connectivity index (χ2n) is 6.19. The second-order valence-corrected chi connectivity index (χ2v) is 8.40. The highest BCUT2D eigenvalue weighted by Crippen LogP contribution is 2.49. The van der Waals surface area contributed by atoms with E-state index in [4.69, 9.17) is 16.3 Å². The predicted molar refractivity (Wildman–Crippen MR) is 96.3 cm³/mol. The number of fused-ring (bicyclic) bond motifs is 2. The highest BCUT2D eigenvalue weighted by Gasteiger charge is 2.43. The van der Waals surface area contributed by atoms with E-state index in [0.717, 1.165) is 0 Å². The molecule has 0 spiro atoms. The molecule has 3 rings (SSSR count). The maximum Gasteiger partial charge on any atom is 0.268 e. The van der Waals surface area contributed by atoms with E-state index >= 15 is 0 Å². The zero-order valence-corrected chi connectivity index (χ0v) is 15.3. The molecule has 0 saturated heterocycles. The molecule has 0 fully saturated rings. The minimum absolute atomic E-state index is 0.339. The predicted octanol–water partition coefficient (Wildman–Crippen LogP) is 3.87. The van der Waals surface area contributed by atoms with Gasteiger partial charge in [0.15, 0.2) is 0 Å². The monoisotopic (exact) mass is 397 g/mol. The van der Waals surface area contributed by atoms with Crippen LogP contribution in [0.5, 0.6) is 11.5 Å². The van der Waals surface area contributed by atoms with E-state index in [-0.39, 0.29) is 0 Å². The Hall–Kier alpha value is -2.16. The first-order valence-corrected chi connectivity index (χ1v) is 9.71. The highest BCUT2D eigenvalue weighted by molar-refractivity contribution is 7.86. The van der Waals surface area contributed by atoms with E-state index in [1.807, 2.05) is 0 Å². The van der Waals surface area contributed by atoms with E-state index in [2.05, 4.69) is 0 Å². The molecule has 0 amide bonds. The van der Waals surface area contributed by atoms with Gasteiger partial charge in [0.2, 0.25) is 6.54 Å². The van der Waals surface area contributed by atoms with Crippen molar-refractivity contribution in [3.8, 4) is 11.5 Å². The summed E-state index contributed by atoms with van der Waals surface area (Å²) in [6.07, 6.45) is 0. The molecule has 26 heavy (non-hydrogen) atoms. The Morgan fingerprint density at radius 3 is 2.54 bits per heavy atom. The Kier molecular flexibility index (Phi) is 4.92. The first-order valence-electron chi connectivity index (χ1n) is 7.83. The van der Waals surface area contributed by atoms with Crippen molar-refractivity contribution in [3.05, 3.63) is 68.7 Å². The van der Waals surface area contributed by atoms with Gasteiger partial charge in [0.1, 0.15) is 11.5 Å². The molecule has 0 aromatic heterocycles. The molecule has 1 aliphatic rings. The van der Waals surface area contributed by atoms with Gasteiger partial charge < -0.3 is 4.74 Å². The van der Waals surface area contributed by atoms with E-state index in [9.17, 15) is 23.1 Å². The average molecular weight is 398 g/mol. The fraction of sp³-hybridized carbons (Fsp3) is 0.294. The quantitative estimate of drug-likeness (QED) is 0.476. The van der Waals surface area contributed by atoms with E-state index in [1.165, 1.54) is 13.0 Å². The standard InChI is InChI=1S/C17H16ClNO6S/c1-10(26(22,23)24)17-13-8-11(18)6-7-16(13)25-15-5-3-2-4-12(15)14(17)9-19(20)21/h2-8,10,14,17H,9H2,1H3,(H,22,23,24)/t10?,14-,17-/m0/s1. The van der Waals surface area contributed by atoms with Gasteiger partial charge >= 0.3 is 0 Å². The lowest BCUT2D eigenvalue weighted by Gasteiger charge is -2.27. The van der Waals surface area contributed by atoms with Crippen LogP contribution in [0.3, 0.4) is 0 Å². The highest BCUT2D eigenvalue weighted by atomic mass is 35.5. The number of benzene rings is 2. The van der Waals surface area contributed by atoms with Crippen molar-refractivity contribution < 1.29 is 22.6 Å². The molecule has 3 atom stereocenters. The van der Waals surface area contributed by atoms with Gasteiger partial charge in [-0.2, -0.15) is 8.42 Å². The molecule has 2 aromatic rings. The van der Waals surface area contributed by atoms with Gasteiger partial charge in [-0.1, -0.05) is 29.8 Å². The molecule has 0 saturated carbocycles. The molecule has 0 radical (unpaired) electrons. The summed E-state index contributed by atoms with van der Waals surface area (Å²) < 4.78 is 39.3. The SMILES string of the molecule is CC([C@H]1c2cc(Cl)ccc2Oc2ccccc2[C@@H]1C[N+](=O)[O-])S(=O)(=O)O. The van der Waals surface area contributed by atoms with Crippen LogP contribution in [0.1, 0.15) is 29.9 Å². The van der Waals surface area contributed by atoms with Gasteiger partial charge in [0.05, 0.1) is 11.2 Å².